The minimum atomic E-state index is -0.312. The maximum atomic E-state index is 12.6. The van der Waals surface area contributed by atoms with Crippen LogP contribution in [0.5, 0.6) is 0 Å². The van der Waals surface area contributed by atoms with E-state index in [-0.39, 0.29) is 17.6 Å². The molecule has 1 aromatic carbocycles. The molecule has 0 aliphatic heterocycles. The van der Waals surface area contributed by atoms with Gasteiger partial charge in [0.25, 0.3) is 0 Å². The number of benzene rings is 1. The van der Waals surface area contributed by atoms with Gasteiger partial charge in [-0.1, -0.05) is 51.5 Å². The van der Waals surface area contributed by atoms with Gasteiger partial charge in [0.05, 0.1) is 5.69 Å². The molecule has 5 heteroatoms. The zero-order valence-electron chi connectivity index (χ0n) is 16.9. The highest BCUT2D eigenvalue weighted by molar-refractivity contribution is 5.85. The number of H-pyrrole nitrogens is 1. The number of ether oxygens (including phenoxy) is 1. The van der Waals surface area contributed by atoms with E-state index in [1.165, 1.54) is 12.0 Å². The molecule has 1 aromatic heterocycles. The number of amides is 1. The maximum absolute atomic E-state index is 12.6. The van der Waals surface area contributed by atoms with Crippen LogP contribution in [0.1, 0.15) is 65.4 Å². The number of nitrogens with one attached hydrogen (secondary N) is 1. The van der Waals surface area contributed by atoms with E-state index in [4.69, 9.17) is 4.74 Å². The smallest absolute Gasteiger partial charge is 0.416 e. The van der Waals surface area contributed by atoms with Crippen LogP contribution in [0.25, 0.3) is 11.3 Å². The highest BCUT2D eigenvalue weighted by Crippen LogP contribution is 2.27. The Hall–Kier alpha value is -2.30. The first-order valence-corrected chi connectivity index (χ1v) is 10.0. The van der Waals surface area contributed by atoms with Crippen molar-refractivity contribution < 1.29 is 9.53 Å². The molecular weight excluding hydrogens is 338 g/mol. The number of aromatic nitrogens is 2. The number of anilines is 1. The van der Waals surface area contributed by atoms with Crippen molar-refractivity contribution in [1.29, 1.82) is 0 Å². The molecule has 27 heavy (non-hydrogen) atoms. The van der Waals surface area contributed by atoms with Gasteiger partial charge in [-0.25, -0.2) is 14.7 Å². The van der Waals surface area contributed by atoms with E-state index in [0.29, 0.717) is 12.5 Å². The number of rotatable bonds is 4. The Morgan fingerprint density at radius 3 is 2.44 bits per heavy atom. The van der Waals surface area contributed by atoms with Gasteiger partial charge in [0.1, 0.15) is 6.10 Å². The molecule has 0 spiro atoms. The van der Waals surface area contributed by atoms with E-state index < -0.39 is 0 Å². The second-order valence-electron chi connectivity index (χ2n) is 8.32. The second kappa shape index (κ2) is 8.15. The van der Waals surface area contributed by atoms with Gasteiger partial charge in [-0.3, -0.25) is 0 Å². The molecule has 5 nitrogen and oxygen atoms in total. The fraction of sp³-hybridized carbons (Fsp3) is 0.545. The Kier molecular flexibility index (Phi) is 5.88. The molecular formula is C22H31N3O2. The highest BCUT2D eigenvalue weighted by atomic mass is 16.6. The largest absolute Gasteiger partial charge is 0.446 e. The number of carbonyl (C=O) groups is 1. The normalized spacial score (nSPS) is 15.6. The van der Waals surface area contributed by atoms with Crippen LogP contribution >= 0.6 is 0 Å². The molecule has 2 aromatic rings. The predicted octanol–water partition coefficient (Wildman–Crippen LogP) is 5.67. The zero-order valence-corrected chi connectivity index (χ0v) is 16.9. The monoisotopic (exact) mass is 369 g/mol. The first-order valence-electron chi connectivity index (χ1n) is 10.0. The Labute approximate surface area is 162 Å². The average Bonchev–Trinajstić information content (AvgIpc) is 3.12. The van der Waals surface area contributed by atoms with Gasteiger partial charge in [-0.15, -0.1) is 0 Å². The summed E-state index contributed by atoms with van der Waals surface area (Å²) in [7, 11) is 0. The first-order chi connectivity index (χ1) is 12.9. The van der Waals surface area contributed by atoms with Crippen molar-refractivity contribution in [2.24, 2.45) is 0 Å². The molecule has 1 fully saturated rings. The van der Waals surface area contributed by atoms with E-state index in [1.807, 2.05) is 13.1 Å². The van der Waals surface area contributed by atoms with E-state index >= 15 is 0 Å². The topological polar surface area (TPSA) is 58.2 Å². The van der Waals surface area contributed by atoms with Crippen molar-refractivity contribution in [1.82, 2.24) is 9.97 Å². The van der Waals surface area contributed by atoms with Gasteiger partial charge in [-0.2, -0.15) is 0 Å². The van der Waals surface area contributed by atoms with Gasteiger partial charge in [-0.05, 0) is 43.6 Å². The lowest BCUT2D eigenvalue weighted by Crippen LogP contribution is -2.35. The molecule has 0 bridgehead atoms. The number of aromatic amines is 1. The summed E-state index contributed by atoms with van der Waals surface area (Å²) < 4.78 is 5.69. The van der Waals surface area contributed by atoms with E-state index in [1.54, 1.807) is 4.90 Å². The summed E-state index contributed by atoms with van der Waals surface area (Å²) in [4.78, 5) is 21.9. The van der Waals surface area contributed by atoms with Crippen LogP contribution in [-0.2, 0) is 10.2 Å². The highest BCUT2D eigenvalue weighted by Gasteiger charge is 2.24. The van der Waals surface area contributed by atoms with Crippen molar-refractivity contribution in [3.63, 3.8) is 0 Å². The van der Waals surface area contributed by atoms with Crippen LogP contribution in [0.2, 0.25) is 0 Å². The van der Waals surface area contributed by atoms with Crippen LogP contribution in [-0.4, -0.2) is 28.7 Å². The Bertz CT molecular complexity index is 753. The number of hydrogen-bond acceptors (Lipinski definition) is 3. The van der Waals surface area contributed by atoms with Crippen LogP contribution < -0.4 is 4.90 Å². The molecule has 0 atom stereocenters. The van der Waals surface area contributed by atoms with Crippen molar-refractivity contribution >= 4 is 12.0 Å². The van der Waals surface area contributed by atoms with Gasteiger partial charge >= 0.3 is 6.09 Å². The summed E-state index contributed by atoms with van der Waals surface area (Å²) in [5.74, 6) is 0.535. The standard InChI is InChI=1S/C22H31N3O2/c1-5-25(21(26)27-18-9-7-6-8-10-18)20-23-15-19(24-20)16-11-13-17(14-12-16)22(2,3)4/h11-15,18H,5-10H2,1-4H3,(H,23,24). The molecule has 0 radical (unpaired) electrons. The molecule has 1 amide bonds. The minimum Gasteiger partial charge on any atom is -0.446 e. The molecule has 0 saturated heterocycles. The Morgan fingerprint density at radius 1 is 1.19 bits per heavy atom. The summed E-state index contributed by atoms with van der Waals surface area (Å²) in [6, 6.07) is 8.44. The third-order valence-electron chi connectivity index (χ3n) is 5.22. The molecule has 3 rings (SSSR count). The van der Waals surface area contributed by atoms with Crippen molar-refractivity contribution in [2.45, 2.75) is 71.3 Å². The number of imidazole rings is 1. The predicted molar refractivity (Wildman–Crippen MR) is 109 cm³/mol. The average molecular weight is 370 g/mol. The van der Waals surface area contributed by atoms with Gasteiger partial charge in [0.2, 0.25) is 5.95 Å². The molecule has 1 saturated carbocycles. The third-order valence-corrected chi connectivity index (χ3v) is 5.22. The summed E-state index contributed by atoms with van der Waals surface area (Å²) in [6.07, 6.45) is 7.02. The van der Waals surface area contributed by atoms with Crippen LogP contribution in [0.4, 0.5) is 10.7 Å². The lowest BCUT2D eigenvalue weighted by molar-refractivity contribution is 0.0808. The molecule has 1 aliphatic carbocycles. The lowest BCUT2D eigenvalue weighted by atomic mass is 9.86. The number of hydrogen-bond donors (Lipinski definition) is 1. The van der Waals surface area contributed by atoms with Crippen LogP contribution in [0, 0.1) is 0 Å². The van der Waals surface area contributed by atoms with Gasteiger partial charge < -0.3 is 9.72 Å². The second-order valence-corrected chi connectivity index (χ2v) is 8.32. The van der Waals surface area contributed by atoms with Crippen LogP contribution in [0.15, 0.2) is 30.5 Å². The summed E-state index contributed by atoms with van der Waals surface area (Å²) in [6.45, 7) is 9.05. The van der Waals surface area contributed by atoms with E-state index in [2.05, 4.69) is 55.0 Å². The molecule has 0 unspecified atom stereocenters. The van der Waals surface area contributed by atoms with Crippen molar-refractivity contribution in [3.8, 4) is 11.3 Å². The summed E-state index contributed by atoms with van der Waals surface area (Å²) >= 11 is 0. The Balaban J connectivity index is 1.71. The molecule has 146 valence electrons. The minimum absolute atomic E-state index is 0.0414. The SMILES string of the molecule is CCN(C(=O)OC1CCCCC1)c1nc(-c2ccc(C(C)(C)C)cc2)c[nH]1. The Morgan fingerprint density at radius 2 is 1.85 bits per heavy atom. The summed E-state index contributed by atoms with van der Waals surface area (Å²) in [5.41, 5.74) is 3.27. The summed E-state index contributed by atoms with van der Waals surface area (Å²) in [5, 5.41) is 0. The van der Waals surface area contributed by atoms with Crippen LogP contribution in [0.3, 0.4) is 0 Å². The van der Waals surface area contributed by atoms with Gasteiger partial charge in [0, 0.05) is 18.3 Å². The molecule has 1 heterocycles. The number of nitrogens with zero attached hydrogens (tertiary/aromatic N) is 2. The zero-order chi connectivity index (χ0) is 19.4. The fourth-order valence-corrected chi connectivity index (χ4v) is 3.49. The van der Waals surface area contributed by atoms with E-state index in [0.717, 1.165) is 36.9 Å². The molecule has 1 N–H and O–H groups in total. The van der Waals surface area contributed by atoms with Gasteiger partial charge in [0.15, 0.2) is 0 Å². The number of carbonyl (C=O) groups excluding carboxylic acids is 1. The molecule has 1 aliphatic rings. The van der Waals surface area contributed by atoms with Crippen molar-refractivity contribution in [3.05, 3.63) is 36.0 Å². The fourth-order valence-electron chi connectivity index (χ4n) is 3.49. The quantitative estimate of drug-likeness (QED) is 0.755. The lowest BCUT2D eigenvalue weighted by Gasteiger charge is -2.25. The third kappa shape index (κ3) is 4.71. The first kappa shape index (κ1) is 19.5. The maximum Gasteiger partial charge on any atom is 0.416 e. The van der Waals surface area contributed by atoms with E-state index in [9.17, 15) is 4.79 Å². The van der Waals surface area contributed by atoms with Crippen molar-refractivity contribution in [2.75, 3.05) is 11.4 Å².